The summed E-state index contributed by atoms with van der Waals surface area (Å²) >= 11 is 0. The van der Waals surface area contributed by atoms with Gasteiger partial charge in [-0.1, -0.05) is 44.2 Å². The molecule has 0 saturated carbocycles. The summed E-state index contributed by atoms with van der Waals surface area (Å²) in [6.45, 7) is 4.76. The second-order valence-electron chi connectivity index (χ2n) is 9.55. The van der Waals surface area contributed by atoms with Crippen molar-refractivity contribution >= 4 is 22.7 Å². The highest BCUT2D eigenvalue weighted by Crippen LogP contribution is 2.41. The van der Waals surface area contributed by atoms with E-state index in [1.807, 2.05) is 18.2 Å². The van der Waals surface area contributed by atoms with Crippen molar-refractivity contribution in [1.82, 2.24) is 9.88 Å². The number of aliphatic hydroxyl groups is 1. The van der Waals surface area contributed by atoms with Gasteiger partial charge in [0.05, 0.1) is 25.3 Å². The summed E-state index contributed by atoms with van der Waals surface area (Å²) in [7, 11) is 1.52. The molecule has 38 heavy (non-hydrogen) atoms. The Morgan fingerprint density at radius 3 is 2.68 bits per heavy atom. The Labute approximate surface area is 220 Å². The number of ketones is 1. The first-order valence-electron chi connectivity index (χ1n) is 12.3. The minimum Gasteiger partial charge on any atom is -0.503 e. The third-order valence-corrected chi connectivity index (χ3v) is 6.33. The van der Waals surface area contributed by atoms with Gasteiger partial charge in [0.25, 0.3) is 5.91 Å². The van der Waals surface area contributed by atoms with Gasteiger partial charge in [-0.15, -0.1) is 0 Å². The molecule has 5 rings (SSSR count). The zero-order valence-electron chi connectivity index (χ0n) is 21.4. The maximum atomic E-state index is 13.9. The Hall–Kier alpha value is -4.59. The molecule has 0 spiro atoms. The molecular weight excluding hydrogens is 484 g/mol. The second kappa shape index (κ2) is 10.4. The number of hydrogen-bond acceptors (Lipinski definition) is 7. The van der Waals surface area contributed by atoms with Crippen molar-refractivity contribution in [3.63, 3.8) is 0 Å². The Bertz CT molecular complexity index is 1520. The average molecular weight is 513 g/mol. The first-order valence-corrected chi connectivity index (χ1v) is 12.3. The van der Waals surface area contributed by atoms with Crippen LogP contribution >= 0.6 is 0 Å². The van der Waals surface area contributed by atoms with E-state index in [0.717, 1.165) is 5.56 Å². The highest BCUT2D eigenvalue weighted by molar-refractivity contribution is 6.16. The van der Waals surface area contributed by atoms with Crippen LogP contribution in [0.2, 0.25) is 0 Å². The molecule has 1 aliphatic rings. The fraction of sp³-hybridized carbons (Fsp3) is 0.233. The first-order chi connectivity index (χ1) is 18.4. The van der Waals surface area contributed by atoms with Crippen LogP contribution in [0.15, 0.2) is 88.8 Å². The molecule has 0 fully saturated rings. The zero-order chi connectivity index (χ0) is 26.8. The van der Waals surface area contributed by atoms with Gasteiger partial charge in [-0.25, -0.2) is 0 Å². The smallest absolute Gasteiger partial charge is 0.290 e. The number of pyridine rings is 1. The molecular formula is C30H28N2O6. The van der Waals surface area contributed by atoms with Crippen LogP contribution in [0, 0.1) is 5.92 Å². The van der Waals surface area contributed by atoms with E-state index in [-0.39, 0.29) is 17.9 Å². The number of carbonyl (C=O) groups excluding carboxylic acids is 2. The number of ether oxygens (including phenoxy) is 2. The Morgan fingerprint density at radius 1 is 1.13 bits per heavy atom. The number of aliphatic hydroxyl groups excluding tert-OH is 1. The Kier molecular flexibility index (Phi) is 6.87. The van der Waals surface area contributed by atoms with Crippen LogP contribution in [0.25, 0.3) is 11.0 Å². The molecule has 0 aliphatic carbocycles. The van der Waals surface area contributed by atoms with Crippen LogP contribution in [0.1, 0.15) is 41.6 Å². The van der Waals surface area contributed by atoms with Gasteiger partial charge >= 0.3 is 0 Å². The number of benzene rings is 2. The number of nitrogens with zero attached hydrogens (tertiary/aromatic N) is 2. The molecule has 194 valence electrons. The topological polar surface area (TPSA) is 102 Å². The molecule has 3 heterocycles. The fourth-order valence-corrected chi connectivity index (χ4v) is 4.56. The van der Waals surface area contributed by atoms with E-state index in [1.54, 1.807) is 54.9 Å². The molecule has 1 amide bonds. The molecule has 8 nitrogen and oxygen atoms in total. The van der Waals surface area contributed by atoms with Crippen molar-refractivity contribution < 1.29 is 28.6 Å². The zero-order valence-corrected chi connectivity index (χ0v) is 21.4. The lowest BCUT2D eigenvalue weighted by Gasteiger charge is -2.27. The summed E-state index contributed by atoms with van der Waals surface area (Å²) in [5.41, 5.74) is 1.74. The van der Waals surface area contributed by atoms with Crippen molar-refractivity contribution in [3.05, 3.63) is 101 Å². The number of hydrogen-bond donors (Lipinski definition) is 1. The van der Waals surface area contributed by atoms with Gasteiger partial charge in [-0.2, -0.15) is 0 Å². The van der Waals surface area contributed by atoms with Gasteiger partial charge in [-0.05, 0) is 47.4 Å². The average Bonchev–Trinajstić information content (AvgIpc) is 3.47. The van der Waals surface area contributed by atoms with E-state index in [1.165, 1.54) is 12.0 Å². The van der Waals surface area contributed by atoms with E-state index in [9.17, 15) is 14.7 Å². The van der Waals surface area contributed by atoms with Crippen molar-refractivity contribution in [3.8, 4) is 11.5 Å². The third kappa shape index (κ3) is 4.72. The minimum atomic E-state index is -0.868. The highest BCUT2D eigenvalue weighted by Gasteiger charge is 2.44. The van der Waals surface area contributed by atoms with Gasteiger partial charge in [0.1, 0.15) is 5.75 Å². The van der Waals surface area contributed by atoms with Crippen LogP contribution in [0.4, 0.5) is 0 Å². The predicted molar refractivity (Wildman–Crippen MR) is 141 cm³/mol. The van der Waals surface area contributed by atoms with Crippen LogP contribution < -0.4 is 9.47 Å². The summed E-state index contributed by atoms with van der Waals surface area (Å²) in [4.78, 5) is 32.9. The number of methoxy groups -OCH3 is 1. The molecule has 2 aromatic heterocycles. The number of rotatable bonds is 9. The molecule has 0 radical (unpaired) electrons. The van der Waals surface area contributed by atoms with Crippen molar-refractivity contribution in [2.45, 2.75) is 26.4 Å². The molecule has 0 bridgehead atoms. The maximum absolute atomic E-state index is 13.9. The van der Waals surface area contributed by atoms with Gasteiger partial charge in [-0.3, -0.25) is 14.6 Å². The van der Waals surface area contributed by atoms with Crippen molar-refractivity contribution in [1.29, 1.82) is 0 Å². The molecule has 1 aliphatic heterocycles. The molecule has 1 N–H and O–H groups in total. The van der Waals surface area contributed by atoms with Crippen LogP contribution in [-0.4, -0.2) is 40.4 Å². The monoisotopic (exact) mass is 512 g/mol. The lowest BCUT2D eigenvalue weighted by atomic mass is 9.94. The maximum Gasteiger partial charge on any atom is 0.290 e. The molecule has 2 aromatic carbocycles. The number of carbonyl (C=O) groups is 2. The largest absolute Gasteiger partial charge is 0.503 e. The minimum absolute atomic E-state index is 0.000657. The molecule has 1 unspecified atom stereocenters. The van der Waals surface area contributed by atoms with Crippen LogP contribution in [-0.2, 0) is 11.3 Å². The summed E-state index contributed by atoms with van der Waals surface area (Å²) < 4.78 is 17.2. The van der Waals surface area contributed by atoms with Gasteiger partial charge in [0, 0.05) is 24.3 Å². The number of para-hydroxylation sites is 1. The van der Waals surface area contributed by atoms with E-state index >= 15 is 0 Å². The predicted octanol–water partition coefficient (Wildman–Crippen LogP) is 5.65. The summed E-state index contributed by atoms with van der Waals surface area (Å²) in [5, 5.41) is 11.7. The first kappa shape index (κ1) is 25.1. The molecule has 4 aromatic rings. The van der Waals surface area contributed by atoms with E-state index in [0.29, 0.717) is 40.6 Å². The molecule has 8 heteroatoms. The van der Waals surface area contributed by atoms with E-state index < -0.39 is 23.5 Å². The van der Waals surface area contributed by atoms with Crippen molar-refractivity contribution in [2.75, 3.05) is 13.7 Å². The number of furan rings is 1. The number of fused-ring (bicyclic) bond motifs is 1. The quantitative estimate of drug-likeness (QED) is 0.289. The number of aromatic nitrogens is 1. The summed E-state index contributed by atoms with van der Waals surface area (Å²) in [6.07, 6.45) is 3.29. The SMILES string of the molecule is COc1cccc2cc(C(=O)C3=C(O)C(=O)N(Cc4cccnc4)C3c3cccc(OCC(C)C)c3)oc12. The molecule has 1 atom stereocenters. The number of amides is 1. The van der Waals surface area contributed by atoms with Gasteiger partial charge < -0.3 is 23.9 Å². The standard InChI is InChI=1S/C30H28N2O6/c1-18(2)17-37-22-10-4-8-20(13-22)26-25(28(34)30(35)32(26)16-19-7-6-12-31-15-19)27(33)24-14-21-9-5-11-23(36-3)29(21)38-24/h4-15,18,26,34H,16-17H2,1-3H3. The van der Waals surface area contributed by atoms with Gasteiger partial charge in [0.2, 0.25) is 5.78 Å². The number of Topliss-reactive ketones (excluding diaryl/α,β-unsaturated/α-hetero) is 1. The lowest BCUT2D eigenvalue weighted by molar-refractivity contribution is -0.130. The lowest BCUT2D eigenvalue weighted by Crippen LogP contribution is -2.30. The second-order valence-corrected chi connectivity index (χ2v) is 9.55. The van der Waals surface area contributed by atoms with E-state index in [2.05, 4.69) is 18.8 Å². The van der Waals surface area contributed by atoms with E-state index in [4.69, 9.17) is 13.9 Å². The fourth-order valence-electron chi connectivity index (χ4n) is 4.56. The highest BCUT2D eigenvalue weighted by atomic mass is 16.5. The Morgan fingerprint density at radius 2 is 1.95 bits per heavy atom. The summed E-state index contributed by atoms with van der Waals surface area (Å²) in [5.74, 6) is -0.432. The normalized spacial score (nSPS) is 15.5. The van der Waals surface area contributed by atoms with Crippen LogP contribution in [0.5, 0.6) is 11.5 Å². The third-order valence-electron chi connectivity index (χ3n) is 6.33. The summed E-state index contributed by atoms with van der Waals surface area (Å²) in [6, 6.07) is 16.9. The Balaban J connectivity index is 1.59. The molecule has 0 saturated heterocycles. The van der Waals surface area contributed by atoms with Crippen molar-refractivity contribution in [2.24, 2.45) is 5.92 Å². The van der Waals surface area contributed by atoms with Crippen LogP contribution in [0.3, 0.4) is 0 Å². The van der Waals surface area contributed by atoms with Gasteiger partial charge in [0.15, 0.2) is 22.9 Å².